The van der Waals surface area contributed by atoms with Gasteiger partial charge in [0.2, 0.25) is 0 Å². The molecule has 2 aliphatic rings. The van der Waals surface area contributed by atoms with Gasteiger partial charge in [-0.15, -0.1) is 0 Å². The molecular weight excluding hydrogens is 430 g/mol. The van der Waals surface area contributed by atoms with Crippen molar-refractivity contribution in [3.8, 4) is 5.69 Å². The summed E-state index contributed by atoms with van der Waals surface area (Å²) in [5, 5.41) is 7.80. The highest BCUT2D eigenvalue weighted by Crippen LogP contribution is 2.43. The van der Waals surface area contributed by atoms with Crippen LogP contribution in [0, 0.1) is 6.92 Å². The van der Waals surface area contributed by atoms with Crippen LogP contribution < -0.4 is 5.32 Å². The molecule has 1 saturated carbocycles. The van der Waals surface area contributed by atoms with Gasteiger partial charge in [-0.05, 0) is 51.3 Å². The number of carbonyl (C=O) groups is 3. The molecule has 1 aliphatic carbocycles. The van der Waals surface area contributed by atoms with Gasteiger partial charge in [-0.3, -0.25) is 14.4 Å². The van der Waals surface area contributed by atoms with Gasteiger partial charge in [0.25, 0.3) is 5.91 Å². The highest BCUT2D eigenvalue weighted by atomic mass is 35.5. The lowest BCUT2D eigenvalue weighted by molar-refractivity contribution is -0.147. The van der Waals surface area contributed by atoms with Crippen LogP contribution in [0.4, 0.5) is 0 Å². The number of aromatic nitrogens is 2. The van der Waals surface area contributed by atoms with E-state index in [2.05, 4.69) is 10.4 Å². The van der Waals surface area contributed by atoms with Crippen molar-refractivity contribution < 1.29 is 14.4 Å². The summed E-state index contributed by atoms with van der Waals surface area (Å²) in [6, 6.07) is 5.68. The van der Waals surface area contributed by atoms with Crippen molar-refractivity contribution in [2.45, 2.75) is 45.6 Å². The van der Waals surface area contributed by atoms with Crippen LogP contribution in [0.3, 0.4) is 0 Å². The first-order valence-corrected chi connectivity index (χ1v) is 11.4. The minimum Gasteiger partial charge on any atom is -0.346 e. The van der Waals surface area contributed by atoms with Crippen LogP contribution in [-0.2, 0) is 9.59 Å². The van der Waals surface area contributed by atoms with Gasteiger partial charge >= 0.3 is 11.8 Å². The van der Waals surface area contributed by atoms with Crippen LogP contribution in [0.15, 0.2) is 24.4 Å². The number of carbonyl (C=O) groups excluding carboxylic acids is 3. The minimum absolute atomic E-state index is 0.0879. The maximum absolute atomic E-state index is 13.3. The molecule has 1 N–H and O–H groups in total. The summed E-state index contributed by atoms with van der Waals surface area (Å²) in [6.07, 6.45) is 3.69. The first-order valence-electron chi connectivity index (χ1n) is 11.0. The molecule has 1 aromatic carbocycles. The summed E-state index contributed by atoms with van der Waals surface area (Å²) in [6.45, 7) is 6.99. The van der Waals surface area contributed by atoms with Crippen molar-refractivity contribution >= 4 is 29.3 Å². The van der Waals surface area contributed by atoms with E-state index in [1.165, 1.54) is 4.90 Å². The van der Waals surface area contributed by atoms with Crippen LogP contribution in [-0.4, -0.2) is 69.5 Å². The minimum atomic E-state index is -0.603. The summed E-state index contributed by atoms with van der Waals surface area (Å²) in [4.78, 5) is 40.9. The molecular formula is C23H28ClN5O3. The monoisotopic (exact) mass is 457 g/mol. The van der Waals surface area contributed by atoms with E-state index in [1.54, 1.807) is 11.1 Å². The standard InChI is InChI=1S/C23H28ClN5O3/c1-14(2)26-21(30)23(32)28-10-8-27(9-11-28)22(31)18-13-25-29(20(18)16-5-6-16)17-7-4-15(3)19(24)12-17/h4,7,12-14,16H,5-6,8-11H2,1-3H3,(H,26,30). The van der Waals surface area contributed by atoms with Crippen LogP contribution in [0.1, 0.15) is 54.2 Å². The third-order valence-corrected chi connectivity index (χ3v) is 6.28. The zero-order chi connectivity index (χ0) is 23.0. The number of halogens is 1. The second-order valence-corrected chi connectivity index (χ2v) is 9.18. The highest BCUT2D eigenvalue weighted by Gasteiger charge is 2.35. The number of aryl methyl sites for hydroxylation is 1. The molecule has 1 aliphatic heterocycles. The smallest absolute Gasteiger partial charge is 0.312 e. The number of piperazine rings is 1. The van der Waals surface area contributed by atoms with Crippen molar-refractivity contribution in [2.75, 3.05) is 26.2 Å². The SMILES string of the molecule is Cc1ccc(-n2ncc(C(=O)N3CCN(C(=O)C(=O)NC(C)C)CC3)c2C2CC2)cc1Cl. The molecule has 8 nitrogen and oxygen atoms in total. The molecule has 0 bridgehead atoms. The second-order valence-electron chi connectivity index (χ2n) is 8.78. The van der Waals surface area contributed by atoms with Gasteiger partial charge in [-0.1, -0.05) is 17.7 Å². The number of nitrogens with zero attached hydrogens (tertiary/aromatic N) is 4. The molecule has 1 saturated heterocycles. The fraction of sp³-hybridized carbons (Fsp3) is 0.478. The summed E-state index contributed by atoms with van der Waals surface area (Å²) < 4.78 is 1.83. The van der Waals surface area contributed by atoms with Crippen molar-refractivity contribution in [1.82, 2.24) is 24.9 Å². The summed E-state index contributed by atoms with van der Waals surface area (Å²) in [5.74, 6) is -0.934. The molecule has 0 radical (unpaired) electrons. The first kappa shape index (κ1) is 22.3. The number of hydrogen-bond acceptors (Lipinski definition) is 4. The van der Waals surface area contributed by atoms with Gasteiger partial charge < -0.3 is 15.1 Å². The number of amides is 3. The number of rotatable bonds is 4. The van der Waals surface area contributed by atoms with E-state index < -0.39 is 11.8 Å². The van der Waals surface area contributed by atoms with Gasteiger partial charge in [0.05, 0.1) is 23.1 Å². The topological polar surface area (TPSA) is 87.5 Å². The molecule has 0 atom stereocenters. The van der Waals surface area contributed by atoms with E-state index >= 15 is 0 Å². The molecule has 170 valence electrons. The fourth-order valence-corrected chi connectivity index (χ4v) is 4.12. The Balaban J connectivity index is 1.49. The predicted octanol–water partition coefficient (Wildman–Crippen LogP) is 2.52. The molecule has 4 rings (SSSR count). The van der Waals surface area contributed by atoms with Gasteiger partial charge in [0, 0.05) is 43.2 Å². The number of nitrogens with one attached hydrogen (secondary N) is 1. The van der Waals surface area contributed by atoms with Crippen molar-refractivity contribution in [2.24, 2.45) is 0 Å². The molecule has 9 heteroatoms. The van der Waals surface area contributed by atoms with Gasteiger partial charge in [0.1, 0.15) is 0 Å². The quantitative estimate of drug-likeness (QED) is 0.714. The lowest BCUT2D eigenvalue weighted by Gasteiger charge is -2.34. The Labute approximate surface area is 192 Å². The van der Waals surface area contributed by atoms with E-state index in [0.717, 1.165) is 29.8 Å². The summed E-state index contributed by atoms with van der Waals surface area (Å²) >= 11 is 6.31. The summed E-state index contributed by atoms with van der Waals surface area (Å²) in [5.41, 5.74) is 3.35. The Morgan fingerprint density at radius 2 is 1.75 bits per heavy atom. The number of benzene rings is 1. The first-order chi connectivity index (χ1) is 15.3. The van der Waals surface area contributed by atoms with E-state index in [4.69, 9.17) is 11.6 Å². The molecule has 0 unspecified atom stereocenters. The Kier molecular flexibility index (Phi) is 6.24. The van der Waals surface area contributed by atoms with Crippen LogP contribution in [0.25, 0.3) is 5.69 Å². The Bertz CT molecular complexity index is 1050. The van der Waals surface area contributed by atoms with Gasteiger partial charge in [-0.2, -0.15) is 5.10 Å². The molecule has 1 aromatic heterocycles. The lowest BCUT2D eigenvalue weighted by Crippen LogP contribution is -2.54. The van der Waals surface area contributed by atoms with Gasteiger partial charge in [-0.25, -0.2) is 4.68 Å². The second kappa shape index (κ2) is 8.94. The van der Waals surface area contributed by atoms with E-state index in [0.29, 0.717) is 42.7 Å². The van der Waals surface area contributed by atoms with Crippen LogP contribution >= 0.6 is 11.6 Å². The van der Waals surface area contributed by atoms with Crippen LogP contribution in [0.5, 0.6) is 0 Å². The average molecular weight is 458 g/mol. The highest BCUT2D eigenvalue weighted by molar-refractivity contribution is 6.35. The van der Waals surface area contributed by atoms with E-state index in [9.17, 15) is 14.4 Å². The average Bonchev–Trinajstić information content (AvgIpc) is 3.52. The zero-order valence-electron chi connectivity index (χ0n) is 18.6. The molecule has 32 heavy (non-hydrogen) atoms. The van der Waals surface area contributed by atoms with Crippen molar-refractivity contribution in [3.05, 3.63) is 46.2 Å². The van der Waals surface area contributed by atoms with Crippen molar-refractivity contribution in [3.63, 3.8) is 0 Å². The maximum Gasteiger partial charge on any atom is 0.312 e. The van der Waals surface area contributed by atoms with E-state index in [1.807, 2.05) is 43.7 Å². The Morgan fingerprint density at radius 3 is 2.34 bits per heavy atom. The number of hydrogen-bond donors (Lipinski definition) is 1. The lowest BCUT2D eigenvalue weighted by atomic mass is 10.1. The van der Waals surface area contributed by atoms with Crippen molar-refractivity contribution in [1.29, 1.82) is 0 Å². The molecule has 2 heterocycles. The third-order valence-electron chi connectivity index (χ3n) is 5.87. The molecule has 0 spiro atoms. The summed E-state index contributed by atoms with van der Waals surface area (Å²) in [7, 11) is 0. The maximum atomic E-state index is 13.3. The predicted molar refractivity (Wildman–Crippen MR) is 121 cm³/mol. The normalized spacial score (nSPS) is 16.4. The third kappa shape index (κ3) is 4.50. The van der Waals surface area contributed by atoms with Crippen LogP contribution in [0.2, 0.25) is 5.02 Å². The van der Waals surface area contributed by atoms with E-state index in [-0.39, 0.29) is 11.9 Å². The zero-order valence-corrected chi connectivity index (χ0v) is 19.4. The fourth-order valence-electron chi connectivity index (χ4n) is 3.94. The Hall–Kier alpha value is -2.87. The molecule has 2 fully saturated rings. The molecule has 3 amide bonds. The Morgan fingerprint density at radius 1 is 1.09 bits per heavy atom. The van der Waals surface area contributed by atoms with Gasteiger partial charge in [0.15, 0.2) is 0 Å². The largest absolute Gasteiger partial charge is 0.346 e. The molecule has 2 aromatic rings.